The second-order valence-corrected chi connectivity index (χ2v) is 10.1. The third kappa shape index (κ3) is 4.75. The minimum atomic E-state index is -3.93. The van der Waals surface area contributed by atoms with Crippen molar-refractivity contribution < 1.29 is 13.2 Å². The first kappa shape index (κ1) is 21.7. The second kappa shape index (κ2) is 8.76. The van der Waals surface area contributed by atoms with Gasteiger partial charge in [-0.3, -0.25) is 9.10 Å². The van der Waals surface area contributed by atoms with Gasteiger partial charge in [0.25, 0.3) is 10.0 Å². The minimum absolute atomic E-state index is 0.155. The zero-order chi connectivity index (χ0) is 21.2. The molecule has 2 aromatic carbocycles. The van der Waals surface area contributed by atoms with Gasteiger partial charge in [-0.1, -0.05) is 42.3 Å². The topological polar surface area (TPSA) is 57.7 Å². The summed E-state index contributed by atoms with van der Waals surface area (Å²) in [7, 11) is -3.93. The summed E-state index contributed by atoms with van der Waals surface area (Å²) >= 11 is 6.26. The van der Waals surface area contributed by atoms with Gasteiger partial charge in [0.2, 0.25) is 5.91 Å². The number of piperidine rings is 1. The number of sulfonamides is 1. The van der Waals surface area contributed by atoms with Crippen LogP contribution in [0.4, 0.5) is 5.69 Å². The number of hydrogen-bond acceptors (Lipinski definition) is 3. The van der Waals surface area contributed by atoms with Crippen LogP contribution in [0, 0.1) is 19.8 Å². The van der Waals surface area contributed by atoms with Crippen molar-refractivity contribution in [2.24, 2.45) is 5.92 Å². The Morgan fingerprint density at radius 2 is 1.86 bits per heavy atom. The molecule has 1 heterocycles. The van der Waals surface area contributed by atoms with E-state index in [1.807, 2.05) is 6.92 Å². The molecule has 0 bridgehead atoms. The summed E-state index contributed by atoms with van der Waals surface area (Å²) < 4.78 is 28.2. The first-order valence-corrected chi connectivity index (χ1v) is 11.6. The highest BCUT2D eigenvalue weighted by Gasteiger charge is 2.31. The van der Waals surface area contributed by atoms with Crippen LogP contribution in [-0.4, -0.2) is 38.9 Å². The molecule has 1 aliphatic heterocycles. The molecule has 2 aromatic rings. The molecule has 0 N–H and O–H groups in total. The Labute approximate surface area is 178 Å². The number of rotatable bonds is 5. The van der Waals surface area contributed by atoms with Crippen molar-refractivity contribution in [1.82, 2.24) is 4.90 Å². The summed E-state index contributed by atoms with van der Waals surface area (Å²) in [5, 5.41) is 0.464. The third-order valence-corrected chi connectivity index (χ3v) is 7.59. The lowest BCUT2D eigenvalue weighted by Crippen LogP contribution is -2.46. The average molecular weight is 435 g/mol. The van der Waals surface area contributed by atoms with E-state index in [9.17, 15) is 13.2 Å². The molecule has 1 aliphatic rings. The number of carbonyl (C=O) groups is 1. The normalized spacial score (nSPS) is 17.2. The number of amides is 1. The SMILES string of the molecule is Cc1ccc(S(=O)(=O)N(CC(=O)N2CCCC(C)C2)c2cccc(Cl)c2C)cc1. The summed E-state index contributed by atoms with van der Waals surface area (Å²) in [6, 6.07) is 11.8. The Kier molecular flexibility index (Phi) is 6.54. The standard InChI is InChI=1S/C22H27ClN2O3S/c1-16-9-11-19(12-10-16)29(27,28)25(21-8-4-7-20(23)18(21)3)15-22(26)24-13-5-6-17(2)14-24/h4,7-12,17H,5-6,13-15H2,1-3H3. The minimum Gasteiger partial charge on any atom is -0.341 e. The molecule has 0 spiro atoms. The van der Waals surface area contributed by atoms with Crippen LogP contribution in [0.5, 0.6) is 0 Å². The van der Waals surface area contributed by atoms with E-state index in [1.165, 1.54) is 4.31 Å². The van der Waals surface area contributed by atoms with Gasteiger partial charge in [-0.15, -0.1) is 0 Å². The van der Waals surface area contributed by atoms with Gasteiger partial charge < -0.3 is 4.90 Å². The molecule has 1 saturated heterocycles. The van der Waals surface area contributed by atoms with Crippen molar-refractivity contribution >= 4 is 33.2 Å². The van der Waals surface area contributed by atoms with Crippen molar-refractivity contribution in [2.75, 3.05) is 23.9 Å². The average Bonchev–Trinajstić information content (AvgIpc) is 2.68. The highest BCUT2D eigenvalue weighted by molar-refractivity contribution is 7.92. The molecular weight excluding hydrogens is 408 g/mol. The molecule has 1 unspecified atom stereocenters. The van der Waals surface area contributed by atoms with Crippen LogP contribution in [0.3, 0.4) is 0 Å². The lowest BCUT2D eigenvalue weighted by atomic mass is 10.0. The number of halogens is 1. The zero-order valence-corrected chi connectivity index (χ0v) is 18.6. The van der Waals surface area contributed by atoms with Gasteiger partial charge in [-0.25, -0.2) is 8.42 Å². The molecule has 0 aliphatic carbocycles. The Hall–Kier alpha value is -2.05. The molecule has 0 saturated carbocycles. The molecule has 1 atom stereocenters. The van der Waals surface area contributed by atoms with Crippen LogP contribution in [0.15, 0.2) is 47.4 Å². The molecule has 7 heteroatoms. The summed E-state index contributed by atoms with van der Waals surface area (Å²) in [4.78, 5) is 15.0. The molecule has 0 radical (unpaired) electrons. The smallest absolute Gasteiger partial charge is 0.264 e. The fourth-order valence-corrected chi connectivity index (χ4v) is 5.28. The van der Waals surface area contributed by atoms with Gasteiger partial charge >= 0.3 is 0 Å². The Morgan fingerprint density at radius 3 is 2.52 bits per heavy atom. The summed E-state index contributed by atoms with van der Waals surface area (Å²) in [5.41, 5.74) is 2.02. The maximum absolute atomic E-state index is 13.5. The Bertz CT molecular complexity index is 990. The molecule has 156 valence electrons. The van der Waals surface area contributed by atoms with E-state index < -0.39 is 10.0 Å². The van der Waals surface area contributed by atoms with E-state index in [2.05, 4.69) is 6.92 Å². The summed E-state index contributed by atoms with van der Waals surface area (Å²) in [6.45, 7) is 6.85. The second-order valence-electron chi connectivity index (χ2n) is 7.80. The van der Waals surface area contributed by atoms with Crippen LogP contribution < -0.4 is 4.31 Å². The van der Waals surface area contributed by atoms with Gasteiger partial charge in [0.05, 0.1) is 10.6 Å². The fourth-order valence-electron chi connectivity index (χ4n) is 3.64. The van der Waals surface area contributed by atoms with E-state index in [-0.39, 0.29) is 17.3 Å². The maximum Gasteiger partial charge on any atom is 0.264 e. The number of hydrogen-bond donors (Lipinski definition) is 0. The van der Waals surface area contributed by atoms with Gasteiger partial charge in [0.15, 0.2) is 0 Å². The van der Waals surface area contributed by atoms with Crippen molar-refractivity contribution in [3.05, 3.63) is 58.6 Å². The molecule has 0 aromatic heterocycles. The predicted octanol–water partition coefficient (Wildman–Crippen LogP) is 4.41. The molecule has 1 fully saturated rings. The number of likely N-dealkylation sites (tertiary alicyclic amines) is 1. The third-order valence-electron chi connectivity index (χ3n) is 5.41. The van der Waals surface area contributed by atoms with E-state index in [4.69, 9.17) is 11.6 Å². The number of anilines is 1. The van der Waals surface area contributed by atoms with Crippen LogP contribution in [-0.2, 0) is 14.8 Å². The van der Waals surface area contributed by atoms with E-state index in [0.29, 0.717) is 35.3 Å². The van der Waals surface area contributed by atoms with E-state index in [0.717, 1.165) is 18.4 Å². The summed E-state index contributed by atoms with van der Waals surface area (Å²) in [5.74, 6) is 0.231. The van der Waals surface area contributed by atoms with Gasteiger partial charge in [0, 0.05) is 18.1 Å². The Morgan fingerprint density at radius 1 is 1.17 bits per heavy atom. The lowest BCUT2D eigenvalue weighted by molar-refractivity contribution is -0.131. The Balaban J connectivity index is 2.01. The van der Waals surface area contributed by atoms with E-state index in [1.54, 1.807) is 54.3 Å². The predicted molar refractivity (Wildman–Crippen MR) is 117 cm³/mol. The van der Waals surface area contributed by atoms with Crippen LogP contribution in [0.1, 0.15) is 30.9 Å². The van der Waals surface area contributed by atoms with Crippen molar-refractivity contribution in [1.29, 1.82) is 0 Å². The van der Waals surface area contributed by atoms with Crippen molar-refractivity contribution in [2.45, 2.75) is 38.5 Å². The quantitative estimate of drug-likeness (QED) is 0.700. The van der Waals surface area contributed by atoms with Crippen molar-refractivity contribution in [3.8, 4) is 0 Å². The van der Waals surface area contributed by atoms with Crippen LogP contribution >= 0.6 is 11.6 Å². The first-order valence-electron chi connectivity index (χ1n) is 9.82. The molecule has 5 nitrogen and oxygen atoms in total. The van der Waals surface area contributed by atoms with Gasteiger partial charge in [-0.05, 0) is 62.4 Å². The molecule has 29 heavy (non-hydrogen) atoms. The first-order chi connectivity index (χ1) is 13.7. The maximum atomic E-state index is 13.5. The highest BCUT2D eigenvalue weighted by Crippen LogP contribution is 2.31. The zero-order valence-electron chi connectivity index (χ0n) is 17.1. The van der Waals surface area contributed by atoms with Gasteiger partial charge in [0.1, 0.15) is 6.54 Å². The molecular formula is C22H27ClN2O3S. The number of benzene rings is 2. The number of aryl methyl sites for hydroxylation is 1. The number of carbonyl (C=O) groups excluding carboxylic acids is 1. The monoisotopic (exact) mass is 434 g/mol. The largest absolute Gasteiger partial charge is 0.341 e. The van der Waals surface area contributed by atoms with Crippen LogP contribution in [0.2, 0.25) is 5.02 Å². The van der Waals surface area contributed by atoms with Crippen molar-refractivity contribution in [3.63, 3.8) is 0 Å². The summed E-state index contributed by atoms with van der Waals surface area (Å²) in [6.07, 6.45) is 2.02. The number of nitrogens with zero attached hydrogens (tertiary/aromatic N) is 2. The highest BCUT2D eigenvalue weighted by atomic mass is 35.5. The lowest BCUT2D eigenvalue weighted by Gasteiger charge is -2.33. The van der Waals surface area contributed by atoms with E-state index >= 15 is 0 Å². The molecule has 3 rings (SSSR count). The van der Waals surface area contributed by atoms with Gasteiger partial charge in [-0.2, -0.15) is 0 Å². The fraction of sp³-hybridized carbons (Fsp3) is 0.409. The molecule has 1 amide bonds. The van der Waals surface area contributed by atoms with Crippen LogP contribution in [0.25, 0.3) is 0 Å².